The van der Waals surface area contributed by atoms with Crippen molar-refractivity contribution in [3.8, 4) is 0 Å². The van der Waals surface area contributed by atoms with Crippen molar-refractivity contribution in [2.75, 3.05) is 26.3 Å². The van der Waals surface area contributed by atoms with Crippen LogP contribution in [-0.4, -0.2) is 63.9 Å². The smallest absolute Gasteiger partial charge is 0.356 e. The summed E-state index contributed by atoms with van der Waals surface area (Å²) in [5.74, 6) is -1.06. The van der Waals surface area contributed by atoms with Gasteiger partial charge in [-0.15, -0.1) is 0 Å². The SMILES string of the molecule is CC1COCCN1C(=O)NCCn1cnc(C(=O)O)c1. The Bertz CT molecular complexity index is 488. The number of rotatable bonds is 4. The summed E-state index contributed by atoms with van der Waals surface area (Å²) in [6.45, 7) is 4.52. The molecule has 0 bridgehead atoms. The van der Waals surface area contributed by atoms with Gasteiger partial charge in [-0.2, -0.15) is 0 Å². The lowest BCUT2D eigenvalue weighted by Crippen LogP contribution is -2.51. The molecule has 1 atom stereocenters. The second kappa shape index (κ2) is 6.38. The molecule has 2 rings (SSSR count). The molecule has 0 aliphatic carbocycles. The van der Waals surface area contributed by atoms with Crippen LogP contribution < -0.4 is 5.32 Å². The van der Waals surface area contributed by atoms with Gasteiger partial charge in [0.25, 0.3) is 0 Å². The molecule has 1 unspecified atom stereocenters. The Balaban J connectivity index is 1.77. The molecule has 0 spiro atoms. The Labute approximate surface area is 116 Å². The van der Waals surface area contributed by atoms with E-state index in [0.717, 1.165) is 0 Å². The summed E-state index contributed by atoms with van der Waals surface area (Å²) in [4.78, 5) is 28.1. The highest BCUT2D eigenvalue weighted by atomic mass is 16.5. The molecule has 1 fully saturated rings. The van der Waals surface area contributed by atoms with Gasteiger partial charge in [-0.1, -0.05) is 0 Å². The zero-order valence-electron chi connectivity index (χ0n) is 11.3. The number of hydrogen-bond acceptors (Lipinski definition) is 4. The van der Waals surface area contributed by atoms with Crippen molar-refractivity contribution in [1.82, 2.24) is 19.8 Å². The number of aromatic carboxylic acids is 1. The van der Waals surface area contributed by atoms with Crippen LogP contribution in [0.15, 0.2) is 12.5 Å². The van der Waals surface area contributed by atoms with Crippen LogP contribution in [0.25, 0.3) is 0 Å². The van der Waals surface area contributed by atoms with Gasteiger partial charge in [0.05, 0.1) is 25.6 Å². The van der Waals surface area contributed by atoms with E-state index in [2.05, 4.69) is 10.3 Å². The number of carbonyl (C=O) groups is 2. The maximum absolute atomic E-state index is 12.0. The van der Waals surface area contributed by atoms with Crippen LogP contribution in [0, 0.1) is 0 Å². The van der Waals surface area contributed by atoms with Crippen LogP contribution in [0.3, 0.4) is 0 Å². The van der Waals surface area contributed by atoms with E-state index in [1.807, 2.05) is 6.92 Å². The van der Waals surface area contributed by atoms with Crippen LogP contribution in [0.5, 0.6) is 0 Å². The Hall–Kier alpha value is -2.09. The predicted molar refractivity (Wildman–Crippen MR) is 69.6 cm³/mol. The molecular weight excluding hydrogens is 264 g/mol. The Kier molecular flexibility index (Phi) is 4.57. The normalized spacial score (nSPS) is 18.9. The van der Waals surface area contributed by atoms with E-state index in [0.29, 0.717) is 32.8 Å². The lowest BCUT2D eigenvalue weighted by Gasteiger charge is -2.33. The predicted octanol–water partition coefficient (Wildman–Crippen LogP) is 0.0116. The zero-order valence-corrected chi connectivity index (χ0v) is 11.3. The minimum absolute atomic E-state index is 0.00173. The van der Waals surface area contributed by atoms with Crippen LogP contribution >= 0.6 is 0 Å². The van der Waals surface area contributed by atoms with E-state index in [1.54, 1.807) is 9.47 Å². The van der Waals surface area contributed by atoms with Gasteiger partial charge in [0.2, 0.25) is 0 Å². The molecule has 1 aliphatic heterocycles. The van der Waals surface area contributed by atoms with Gasteiger partial charge in [-0.3, -0.25) is 0 Å². The second-order valence-corrected chi connectivity index (χ2v) is 4.65. The number of carboxylic acid groups (broad SMARTS) is 1. The molecule has 0 aromatic carbocycles. The fourth-order valence-electron chi connectivity index (χ4n) is 2.02. The molecule has 20 heavy (non-hydrogen) atoms. The van der Waals surface area contributed by atoms with Crippen molar-refractivity contribution in [1.29, 1.82) is 0 Å². The summed E-state index contributed by atoms with van der Waals surface area (Å²) in [7, 11) is 0. The van der Waals surface area contributed by atoms with E-state index in [1.165, 1.54) is 12.5 Å². The number of morpholine rings is 1. The highest BCUT2D eigenvalue weighted by Gasteiger charge is 2.23. The number of carboxylic acids is 1. The molecule has 2 heterocycles. The molecule has 8 heteroatoms. The third kappa shape index (κ3) is 3.47. The third-order valence-electron chi connectivity index (χ3n) is 3.13. The average Bonchev–Trinajstić information content (AvgIpc) is 2.88. The van der Waals surface area contributed by atoms with Crippen LogP contribution in [0.2, 0.25) is 0 Å². The lowest BCUT2D eigenvalue weighted by molar-refractivity contribution is 0.0190. The van der Waals surface area contributed by atoms with Gasteiger partial charge in [0.1, 0.15) is 0 Å². The van der Waals surface area contributed by atoms with Crippen molar-refractivity contribution in [3.63, 3.8) is 0 Å². The van der Waals surface area contributed by atoms with Crippen molar-refractivity contribution >= 4 is 12.0 Å². The number of urea groups is 1. The van der Waals surface area contributed by atoms with Crippen molar-refractivity contribution in [2.45, 2.75) is 19.5 Å². The van der Waals surface area contributed by atoms with Gasteiger partial charge < -0.3 is 24.6 Å². The maximum atomic E-state index is 12.0. The summed E-state index contributed by atoms with van der Waals surface area (Å²) >= 11 is 0. The van der Waals surface area contributed by atoms with Gasteiger partial charge in [-0.05, 0) is 6.92 Å². The number of nitrogens with zero attached hydrogens (tertiary/aromatic N) is 3. The maximum Gasteiger partial charge on any atom is 0.356 e. The molecule has 0 saturated carbocycles. The van der Waals surface area contributed by atoms with Crippen LogP contribution in [-0.2, 0) is 11.3 Å². The van der Waals surface area contributed by atoms with Crippen LogP contribution in [0.1, 0.15) is 17.4 Å². The Morgan fingerprint density at radius 3 is 3.05 bits per heavy atom. The first-order chi connectivity index (χ1) is 9.58. The van der Waals surface area contributed by atoms with Crippen molar-refractivity contribution in [2.24, 2.45) is 0 Å². The molecule has 8 nitrogen and oxygen atoms in total. The van der Waals surface area contributed by atoms with Crippen LogP contribution in [0.4, 0.5) is 4.79 Å². The highest BCUT2D eigenvalue weighted by molar-refractivity contribution is 5.84. The van der Waals surface area contributed by atoms with Gasteiger partial charge in [0, 0.05) is 25.8 Å². The minimum atomic E-state index is -1.06. The lowest BCUT2D eigenvalue weighted by atomic mass is 10.3. The first-order valence-corrected chi connectivity index (χ1v) is 6.45. The largest absolute Gasteiger partial charge is 0.476 e. The first-order valence-electron chi connectivity index (χ1n) is 6.45. The number of imidazole rings is 1. The summed E-state index contributed by atoms with van der Waals surface area (Å²) in [5, 5.41) is 11.6. The second-order valence-electron chi connectivity index (χ2n) is 4.65. The summed E-state index contributed by atoms with van der Waals surface area (Å²) in [6, 6.07) is -0.0602. The number of aromatic nitrogens is 2. The molecule has 1 aliphatic rings. The molecule has 0 radical (unpaired) electrons. The summed E-state index contributed by atoms with van der Waals surface area (Å²) in [6.07, 6.45) is 2.87. The molecule has 1 aromatic heterocycles. The molecule has 2 amide bonds. The van der Waals surface area contributed by atoms with E-state index >= 15 is 0 Å². The number of amides is 2. The third-order valence-corrected chi connectivity index (χ3v) is 3.13. The van der Waals surface area contributed by atoms with Crippen molar-refractivity contribution in [3.05, 3.63) is 18.2 Å². The van der Waals surface area contributed by atoms with E-state index in [4.69, 9.17) is 9.84 Å². The molecule has 110 valence electrons. The standard InChI is InChI=1S/C12H18N4O4/c1-9-7-20-5-4-16(9)12(19)13-2-3-15-6-10(11(17)18)14-8-15/h6,8-9H,2-5,7H2,1H3,(H,13,19)(H,17,18). The molecule has 1 aromatic rings. The molecular formula is C12H18N4O4. The highest BCUT2D eigenvalue weighted by Crippen LogP contribution is 2.05. The Morgan fingerprint density at radius 1 is 1.60 bits per heavy atom. The van der Waals surface area contributed by atoms with Gasteiger partial charge in [0.15, 0.2) is 5.69 Å². The van der Waals surface area contributed by atoms with E-state index in [-0.39, 0.29) is 17.8 Å². The summed E-state index contributed by atoms with van der Waals surface area (Å²) in [5.41, 5.74) is -0.00173. The van der Waals surface area contributed by atoms with Gasteiger partial charge >= 0.3 is 12.0 Å². The average molecular weight is 282 g/mol. The topological polar surface area (TPSA) is 96.7 Å². The molecule has 2 N–H and O–H groups in total. The van der Waals surface area contributed by atoms with Crippen molar-refractivity contribution < 1.29 is 19.4 Å². The number of carbonyl (C=O) groups excluding carboxylic acids is 1. The van der Waals surface area contributed by atoms with E-state index < -0.39 is 5.97 Å². The fourth-order valence-corrected chi connectivity index (χ4v) is 2.02. The number of ether oxygens (including phenoxy) is 1. The Morgan fingerprint density at radius 2 is 2.40 bits per heavy atom. The summed E-state index contributed by atoms with van der Waals surface area (Å²) < 4.78 is 6.90. The minimum Gasteiger partial charge on any atom is -0.476 e. The quantitative estimate of drug-likeness (QED) is 0.811. The fraction of sp³-hybridized carbons (Fsp3) is 0.583. The number of hydrogen-bond donors (Lipinski definition) is 2. The molecule has 1 saturated heterocycles. The first kappa shape index (κ1) is 14.3. The monoisotopic (exact) mass is 282 g/mol. The van der Waals surface area contributed by atoms with Gasteiger partial charge in [-0.25, -0.2) is 14.6 Å². The number of nitrogens with one attached hydrogen (secondary N) is 1. The zero-order chi connectivity index (χ0) is 14.5. The van der Waals surface area contributed by atoms with E-state index in [9.17, 15) is 9.59 Å².